The third kappa shape index (κ3) is 4.19. The average Bonchev–Trinajstić information content (AvgIpc) is 2.46. The summed E-state index contributed by atoms with van der Waals surface area (Å²) in [7, 11) is 0. The molecule has 1 aliphatic heterocycles. The summed E-state index contributed by atoms with van der Waals surface area (Å²) in [5.74, 6) is -0.0476. The lowest BCUT2D eigenvalue weighted by Gasteiger charge is -2.27. The summed E-state index contributed by atoms with van der Waals surface area (Å²) in [5, 5.41) is 6.12. The number of nitrogens with one attached hydrogen (secondary N) is 2. The van der Waals surface area contributed by atoms with Gasteiger partial charge in [-0.15, -0.1) is 6.58 Å². The molecule has 1 aromatic carbocycles. The molecule has 4 heteroatoms. The maximum Gasteiger partial charge on any atom is 0.251 e. The molecule has 1 saturated heterocycles. The highest BCUT2D eigenvalue weighted by atomic mass is 16.1. The fourth-order valence-electron chi connectivity index (χ4n) is 2.16. The number of carbonyl (C=O) groups excluding carboxylic acids is 1. The van der Waals surface area contributed by atoms with Crippen molar-refractivity contribution in [2.24, 2.45) is 0 Å². The van der Waals surface area contributed by atoms with E-state index in [1.165, 1.54) is 5.56 Å². The topological polar surface area (TPSA) is 44.4 Å². The molecule has 1 amide bonds. The fourth-order valence-corrected chi connectivity index (χ4v) is 2.16. The second kappa shape index (κ2) is 7.07. The number of piperazine rings is 1. The minimum absolute atomic E-state index is 0.0476. The number of carbonyl (C=O) groups is 1. The van der Waals surface area contributed by atoms with E-state index in [0.29, 0.717) is 12.1 Å². The van der Waals surface area contributed by atoms with E-state index >= 15 is 0 Å². The molecule has 0 unspecified atom stereocenters. The van der Waals surface area contributed by atoms with Crippen molar-refractivity contribution >= 4 is 5.91 Å². The molecular weight excluding hydrogens is 238 g/mol. The second-order valence-corrected chi connectivity index (χ2v) is 4.72. The lowest BCUT2D eigenvalue weighted by atomic mass is 10.1. The first-order valence-electron chi connectivity index (χ1n) is 6.70. The molecule has 0 radical (unpaired) electrons. The Kier molecular flexibility index (Phi) is 5.12. The lowest BCUT2D eigenvalue weighted by molar-refractivity contribution is 0.0958. The van der Waals surface area contributed by atoms with Gasteiger partial charge in [0.15, 0.2) is 0 Å². The van der Waals surface area contributed by atoms with Crippen LogP contribution in [0, 0.1) is 0 Å². The van der Waals surface area contributed by atoms with E-state index in [0.717, 1.165) is 32.7 Å². The minimum atomic E-state index is -0.0476. The SMILES string of the molecule is C=CCNC(=O)c1ccc(CN2CCNCC2)cc1. The summed E-state index contributed by atoms with van der Waals surface area (Å²) in [5.41, 5.74) is 1.95. The first kappa shape index (κ1) is 13.8. The Balaban J connectivity index is 1.90. The molecular formula is C15H21N3O. The Labute approximate surface area is 114 Å². The van der Waals surface area contributed by atoms with E-state index in [2.05, 4.69) is 22.1 Å². The summed E-state index contributed by atoms with van der Waals surface area (Å²) in [6, 6.07) is 7.83. The lowest BCUT2D eigenvalue weighted by Crippen LogP contribution is -2.42. The Morgan fingerprint density at radius 2 is 2.00 bits per heavy atom. The molecule has 1 heterocycles. The zero-order valence-corrected chi connectivity index (χ0v) is 11.2. The number of hydrogen-bond donors (Lipinski definition) is 2. The molecule has 1 aliphatic rings. The number of nitrogens with zero attached hydrogens (tertiary/aromatic N) is 1. The van der Waals surface area contributed by atoms with E-state index in [1.807, 2.05) is 24.3 Å². The normalized spacial score (nSPS) is 16.0. The Bertz CT molecular complexity index is 422. The van der Waals surface area contributed by atoms with Gasteiger partial charge in [-0.05, 0) is 17.7 Å². The third-order valence-electron chi connectivity index (χ3n) is 3.24. The van der Waals surface area contributed by atoms with Crippen LogP contribution in [0.2, 0.25) is 0 Å². The van der Waals surface area contributed by atoms with E-state index in [4.69, 9.17) is 0 Å². The number of hydrogen-bond acceptors (Lipinski definition) is 3. The van der Waals surface area contributed by atoms with Crippen LogP contribution in [0.1, 0.15) is 15.9 Å². The smallest absolute Gasteiger partial charge is 0.251 e. The van der Waals surface area contributed by atoms with Gasteiger partial charge in [0, 0.05) is 44.8 Å². The molecule has 4 nitrogen and oxygen atoms in total. The molecule has 1 fully saturated rings. The van der Waals surface area contributed by atoms with Crippen LogP contribution >= 0.6 is 0 Å². The molecule has 0 spiro atoms. The van der Waals surface area contributed by atoms with Crippen LogP contribution in [0.3, 0.4) is 0 Å². The van der Waals surface area contributed by atoms with Crippen molar-refractivity contribution in [3.8, 4) is 0 Å². The van der Waals surface area contributed by atoms with Crippen molar-refractivity contribution in [1.82, 2.24) is 15.5 Å². The summed E-state index contributed by atoms with van der Waals surface area (Å²) >= 11 is 0. The van der Waals surface area contributed by atoms with Gasteiger partial charge < -0.3 is 10.6 Å². The molecule has 19 heavy (non-hydrogen) atoms. The zero-order chi connectivity index (χ0) is 13.5. The molecule has 2 N–H and O–H groups in total. The molecule has 102 valence electrons. The molecule has 1 aromatic rings. The number of benzene rings is 1. The largest absolute Gasteiger partial charge is 0.349 e. The van der Waals surface area contributed by atoms with Gasteiger partial charge in [0.25, 0.3) is 5.91 Å². The monoisotopic (exact) mass is 259 g/mol. The molecule has 0 bridgehead atoms. The molecule has 0 saturated carbocycles. The Morgan fingerprint density at radius 3 is 2.63 bits per heavy atom. The van der Waals surface area contributed by atoms with Crippen LogP contribution in [-0.2, 0) is 6.54 Å². The summed E-state index contributed by atoms with van der Waals surface area (Å²) in [6.07, 6.45) is 1.68. The standard InChI is InChI=1S/C15H21N3O/c1-2-7-17-15(19)14-5-3-13(4-6-14)12-18-10-8-16-9-11-18/h2-6,16H,1,7-12H2,(H,17,19). The molecule has 0 aromatic heterocycles. The van der Waals surface area contributed by atoms with Crippen LogP contribution in [0.4, 0.5) is 0 Å². The third-order valence-corrected chi connectivity index (χ3v) is 3.24. The van der Waals surface area contributed by atoms with Gasteiger partial charge in [-0.1, -0.05) is 18.2 Å². The van der Waals surface area contributed by atoms with Crippen molar-refractivity contribution in [2.45, 2.75) is 6.54 Å². The maximum absolute atomic E-state index is 11.7. The predicted octanol–water partition coefficient (Wildman–Crippen LogP) is 1.01. The highest BCUT2D eigenvalue weighted by Crippen LogP contribution is 2.08. The van der Waals surface area contributed by atoms with Gasteiger partial charge in [-0.25, -0.2) is 0 Å². The van der Waals surface area contributed by atoms with E-state index in [9.17, 15) is 4.79 Å². The van der Waals surface area contributed by atoms with Crippen molar-refractivity contribution in [3.05, 3.63) is 48.0 Å². The van der Waals surface area contributed by atoms with Crippen LogP contribution in [0.25, 0.3) is 0 Å². The van der Waals surface area contributed by atoms with Crippen molar-refractivity contribution in [3.63, 3.8) is 0 Å². The van der Waals surface area contributed by atoms with Crippen LogP contribution in [0.5, 0.6) is 0 Å². The van der Waals surface area contributed by atoms with E-state index in [-0.39, 0.29) is 5.91 Å². The van der Waals surface area contributed by atoms with Crippen molar-refractivity contribution in [2.75, 3.05) is 32.7 Å². The number of amides is 1. The maximum atomic E-state index is 11.7. The first-order chi connectivity index (χ1) is 9.29. The fraction of sp³-hybridized carbons (Fsp3) is 0.400. The summed E-state index contributed by atoms with van der Waals surface area (Å²) in [4.78, 5) is 14.1. The van der Waals surface area contributed by atoms with Crippen molar-refractivity contribution < 1.29 is 4.79 Å². The molecule has 2 rings (SSSR count). The van der Waals surface area contributed by atoms with Crippen LogP contribution in [0.15, 0.2) is 36.9 Å². The van der Waals surface area contributed by atoms with Gasteiger partial charge >= 0.3 is 0 Å². The van der Waals surface area contributed by atoms with Gasteiger partial charge in [0.2, 0.25) is 0 Å². The summed E-state index contributed by atoms with van der Waals surface area (Å²) in [6.45, 7) is 9.32. The quantitative estimate of drug-likeness (QED) is 0.776. The van der Waals surface area contributed by atoms with Crippen LogP contribution < -0.4 is 10.6 Å². The van der Waals surface area contributed by atoms with Gasteiger partial charge in [0.05, 0.1) is 0 Å². The highest BCUT2D eigenvalue weighted by Gasteiger charge is 2.10. The minimum Gasteiger partial charge on any atom is -0.349 e. The Morgan fingerprint density at radius 1 is 1.32 bits per heavy atom. The molecule has 0 aliphatic carbocycles. The second-order valence-electron chi connectivity index (χ2n) is 4.72. The zero-order valence-electron chi connectivity index (χ0n) is 11.2. The van der Waals surface area contributed by atoms with E-state index < -0.39 is 0 Å². The predicted molar refractivity (Wildman–Crippen MR) is 77.1 cm³/mol. The van der Waals surface area contributed by atoms with E-state index in [1.54, 1.807) is 6.08 Å². The molecule has 0 atom stereocenters. The highest BCUT2D eigenvalue weighted by molar-refractivity contribution is 5.94. The Hall–Kier alpha value is -1.65. The van der Waals surface area contributed by atoms with Crippen LogP contribution in [-0.4, -0.2) is 43.5 Å². The average molecular weight is 259 g/mol. The van der Waals surface area contributed by atoms with Gasteiger partial charge in [0.1, 0.15) is 0 Å². The number of rotatable bonds is 5. The van der Waals surface area contributed by atoms with Gasteiger partial charge in [-0.3, -0.25) is 9.69 Å². The first-order valence-corrected chi connectivity index (χ1v) is 6.70. The summed E-state index contributed by atoms with van der Waals surface area (Å²) < 4.78 is 0. The van der Waals surface area contributed by atoms with Crippen molar-refractivity contribution in [1.29, 1.82) is 0 Å². The van der Waals surface area contributed by atoms with Gasteiger partial charge in [-0.2, -0.15) is 0 Å².